The van der Waals surface area contributed by atoms with Gasteiger partial charge in [-0.1, -0.05) is 104 Å². The number of rotatable bonds is 19. The van der Waals surface area contributed by atoms with Gasteiger partial charge in [0, 0.05) is 6.42 Å². The Morgan fingerprint density at radius 2 is 1.15 bits per heavy atom. The number of carboxylic acid groups (broad SMARTS) is 1. The first-order valence-corrected chi connectivity index (χ1v) is 11.5. The summed E-state index contributed by atoms with van der Waals surface area (Å²) in [6.07, 6.45) is 19.0. The number of hydrogen-bond acceptors (Lipinski definition) is 2. The van der Waals surface area contributed by atoms with Gasteiger partial charge in [0.1, 0.15) is 6.04 Å². The third kappa shape index (κ3) is 18.1. The lowest BCUT2D eigenvalue weighted by molar-refractivity contribution is -0.142. The lowest BCUT2D eigenvalue weighted by Gasteiger charge is -2.16. The summed E-state index contributed by atoms with van der Waals surface area (Å²) in [6, 6.07) is -0.746. The monoisotopic (exact) mass is 383 g/mol. The first-order valence-electron chi connectivity index (χ1n) is 11.5. The van der Waals surface area contributed by atoms with E-state index in [4.69, 9.17) is 5.11 Å². The van der Waals surface area contributed by atoms with Crippen molar-refractivity contribution in [1.82, 2.24) is 5.32 Å². The lowest BCUT2D eigenvalue weighted by Crippen LogP contribution is -2.41. The van der Waals surface area contributed by atoms with Gasteiger partial charge in [-0.15, -0.1) is 0 Å². The Balaban J connectivity index is 3.43. The zero-order valence-corrected chi connectivity index (χ0v) is 18.2. The van der Waals surface area contributed by atoms with Crippen molar-refractivity contribution in [3.8, 4) is 0 Å². The Bertz CT molecular complexity index is 369. The van der Waals surface area contributed by atoms with Crippen molar-refractivity contribution in [3.63, 3.8) is 0 Å². The summed E-state index contributed by atoms with van der Waals surface area (Å²) in [5, 5.41) is 11.8. The summed E-state index contributed by atoms with van der Waals surface area (Å²) in [5.74, 6) is -0.799. The van der Waals surface area contributed by atoms with Crippen molar-refractivity contribution >= 4 is 11.9 Å². The van der Waals surface area contributed by atoms with E-state index >= 15 is 0 Å². The summed E-state index contributed by atoms with van der Waals surface area (Å²) >= 11 is 0. The predicted molar refractivity (Wildman–Crippen MR) is 114 cm³/mol. The highest BCUT2D eigenvalue weighted by Gasteiger charge is 2.20. The highest BCUT2D eigenvalue weighted by molar-refractivity contribution is 5.83. The maximum Gasteiger partial charge on any atom is 0.326 e. The van der Waals surface area contributed by atoms with Crippen LogP contribution in [0.1, 0.15) is 124 Å². The summed E-state index contributed by atoms with van der Waals surface area (Å²) < 4.78 is 0. The SMILES string of the molecule is CCCCCCCCCCCCCCCCC(=O)N[C@@H](CC(C)C)C(=O)O. The molecule has 0 bridgehead atoms. The summed E-state index contributed by atoms with van der Waals surface area (Å²) in [5.41, 5.74) is 0. The smallest absolute Gasteiger partial charge is 0.326 e. The minimum absolute atomic E-state index is 0.123. The molecule has 1 amide bonds. The van der Waals surface area contributed by atoms with Crippen LogP contribution in [0.2, 0.25) is 0 Å². The topological polar surface area (TPSA) is 66.4 Å². The number of carbonyl (C=O) groups excluding carboxylic acids is 1. The second-order valence-electron chi connectivity index (χ2n) is 8.43. The van der Waals surface area contributed by atoms with Crippen molar-refractivity contribution < 1.29 is 14.7 Å². The lowest BCUT2D eigenvalue weighted by atomic mass is 10.0. The second kappa shape index (κ2) is 18.3. The quantitative estimate of drug-likeness (QED) is 0.251. The largest absolute Gasteiger partial charge is 0.480 e. The average Bonchev–Trinajstić information content (AvgIpc) is 2.61. The van der Waals surface area contributed by atoms with Crippen LogP contribution in [0.25, 0.3) is 0 Å². The van der Waals surface area contributed by atoms with Gasteiger partial charge in [-0.3, -0.25) is 4.79 Å². The van der Waals surface area contributed by atoms with Gasteiger partial charge in [-0.2, -0.15) is 0 Å². The van der Waals surface area contributed by atoms with Crippen LogP contribution in [-0.2, 0) is 9.59 Å². The highest BCUT2D eigenvalue weighted by atomic mass is 16.4. The molecule has 0 aromatic heterocycles. The van der Waals surface area contributed by atoms with E-state index in [1.807, 2.05) is 13.8 Å². The van der Waals surface area contributed by atoms with Gasteiger partial charge in [-0.05, 0) is 18.8 Å². The van der Waals surface area contributed by atoms with Crippen LogP contribution in [0.15, 0.2) is 0 Å². The molecule has 0 aliphatic rings. The Kier molecular flexibility index (Phi) is 17.6. The number of nitrogens with one attached hydrogen (secondary N) is 1. The van der Waals surface area contributed by atoms with Gasteiger partial charge in [0.05, 0.1) is 0 Å². The molecule has 0 aromatic rings. The van der Waals surface area contributed by atoms with Gasteiger partial charge in [0.2, 0.25) is 5.91 Å². The van der Waals surface area contributed by atoms with Crippen LogP contribution in [-0.4, -0.2) is 23.0 Å². The molecule has 27 heavy (non-hydrogen) atoms. The van der Waals surface area contributed by atoms with E-state index in [0.29, 0.717) is 12.8 Å². The van der Waals surface area contributed by atoms with Gasteiger partial charge >= 0.3 is 5.97 Å². The van der Waals surface area contributed by atoms with E-state index in [9.17, 15) is 9.59 Å². The van der Waals surface area contributed by atoms with Gasteiger partial charge in [-0.25, -0.2) is 4.79 Å². The number of aliphatic carboxylic acids is 1. The van der Waals surface area contributed by atoms with E-state index in [-0.39, 0.29) is 11.8 Å². The minimum atomic E-state index is -0.932. The molecule has 2 N–H and O–H groups in total. The van der Waals surface area contributed by atoms with Gasteiger partial charge in [0.25, 0.3) is 0 Å². The summed E-state index contributed by atoms with van der Waals surface area (Å²) in [4.78, 5) is 23.0. The van der Waals surface area contributed by atoms with Crippen molar-refractivity contribution in [2.45, 2.75) is 130 Å². The molecule has 4 nitrogen and oxygen atoms in total. The van der Waals surface area contributed by atoms with Crippen LogP contribution in [0, 0.1) is 5.92 Å². The number of carboxylic acids is 1. The molecule has 160 valence electrons. The molecule has 0 unspecified atom stereocenters. The Morgan fingerprint density at radius 1 is 0.741 bits per heavy atom. The fraction of sp³-hybridized carbons (Fsp3) is 0.913. The number of hydrogen-bond donors (Lipinski definition) is 2. The number of unbranched alkanes of at least 4 members (excludes halogenated alkanes) is 13. The van der Waals surface area contributed by atoms with Gasteiger partial charge < -0.3 is 10.4 Å². The van der Waals surface area contributed by atoms with Crippen LogP contribution in [0.4, 0.5) is 0 Å². The Hall–Kier alpha value is -1.06. The van der Waals surface area contributed by atoms with Gasteiger partial charge in [0.15, 0.2) is 0 Å². The second-order valence-corrected chi connectivity index (χ2v) is 8.43. The van der Waals surface area contributed by atoms with E-state index < -0.39 is 12.0 Å². The standard InChI is InChI=1S/C23H45NO3/c1-4-5-6-7-8-9-10-11-12-13-14-15-16-17-18-22(25)24-21(23(26)27)19-20(2)3/h20-21H,4-19H2,1-3H3,(H,24,25)(H,26,27)/t21-/m0/s1. The average molecular weight is 384 g/mol. The number of amides is 1. The molecule has 0 aliphatic carbocycles. The fourth-order valence-electron chi connectivity index (χ4n) is 3.44. The van der Waals surface area contributed by atoms with Crippen LogP contribution >= 0.6 is 0 Å². The summed E-state index contributed by atoms with van der Waals surface area (Å²) in [6.45, 7) is 6.20. The van der Waals surface area contributed by atoms with E-state index in [0.717, 1.165) is 12.8 Å². The van der Waals surface area contributed by atoms with E-state index in [1.54, 1.807) is 0 Å². The van der Waals surface area contributed by atoms with Crippen LogP contribution < -0.4 is 5.32 Å². The Labute approximate surface area is 167 Å². The zero-order valence-electron chi connectivity index (χ0n) is 18.2. The normalized spacial score (nSPS) is 12.3. The third-order valence-corrected chi connectivity index (χ3v) is 5.10. The molecular formula is C23H45NO3. The van der Waals surface area contributed by atoms with Crippen molar-refractivity contribution in [2.75, 3.05) is 0 Å². The van der Waals surface area contributed by atoms with Crippen LogP contribution in [0.5, 0.6) is 0 Å². The maximum atomic E-state index is 11.9. The third-order valence-electron chi connectivity index (χ3n) is 5.10. The molecule has 0 heterocycles. The van der Waals surface area contributed by atoms with Crippen molar-refractivity contribution in [2.24, 2.45) is 5.92 Å². The highest BCUT2D eigenvalue weighted by Crippen LogP contribution is 2.13. The first-order chi connectivity index (χ1) is 13.0. The first kappa shape index (κ1) is 25.9. The maximum absolute atomic E-state index is 11.9. The van der Waals surface area contributed by atoms with E-state index in [2.05, 4.69) is 12.2 Å². The molecule has 4 heteroatoms. The van der Waals surface area contributed by atoms with Crippen LogP contribution in [0.3, 0.4) is 0 Å². The molecule has 0 saturated carbocycles. The predicted octanol–water partition coefficient (Wildman–Crippen LogP) is 6.47. The summed E-state index contributed by atoms with van der Waals surface area (Å²) in [7, 11) is 0. The molecule has 0 saturated heterocycles. The number of carbonyl (C=O) groups is 2. The molecule has 0 fully saturated rings. The molecule has 0 radical (unpaired) electrons. The van der Waals surface area contributed by atoms with E-state index in [1.165, 1.54) is 77.0 Å². The zero-order chi connectivity index (χ0) is 20.3. The molecular weight excluding hydrogens is 338 g/mol. The molecule has 0 spiro atoms. The molecule has 0 rings (SSSR count). The molecule has 0 aromatic carbocycles. The van der Waals surface area contributed by atoms with Crippen molar-refractivity contribution in [1.29, 1.82) is 0 Å². The molecule has 0 aliphatic heterocycles. The molecule has 1 atom stereocenters. The minimum Gasteiger partial charge on any atom is -0.480 e. The Morgan fingerprint density at radius 3 is 1.52 bits per heavy atom. The fourth-order valence-corrected chi connectivity index (χ4v) is 3.44. The van der Waals surface area contributed by atoms with Crippen molar-refractivity contribution in [3.05, 3.63) is 0 Å².